The van der Waals surface area contributed by atoms with E-state index in [9.17, 15) is 9.59 Å². The molecule has 0 radical (unpaired) electrons. The van der Waals surface area contributed by atoms with E-state index in [4.69, 9.17) is 9.84 Å². The number of carbonyl (C=O) groups excluding carboxylic acids is 1. The number of carboxylic acids is 1. The van der Waals surface area contributed by atoms with Crippen LogP contribution in [0.4, 0.5) is 0 Å². The fourth-order valence-electron chi connectivity index (χ4n) is 4.03. The quantitative estimate of drug-likeness (QED) is 0.152. The number of aromatic carboxylic acids is 1. The van der Waals surface area contributed by atoms with Gasteiger partial charge in [-0.05, 0) is 24.6 Å². The molecule has 0 bridgehead atoms. The monoisotopic (exact) mass is 446 g/mol. The normalized spacial score (nSPS) is 10.9. The fourth-order valence-corrected chi connectivity index (χ4v) is 4.03. The van der Waals surface area contributed by atoms with Gasteiger partial charge in [-0.25, -0.2) is 9.59 Å². The second-order valence-corrected chi connectivity index (χ2v) is 9.03. The molecular formula is C28H46O4. The average Bonchev–Trinajstić information content (AvgIpc) is 2.80. The SMILES string of the molecule is CCCCCCCCCCCCCCCCCCCCOC(=O)c1cccc(C(=O)O)c1. The first-order valence-electron chi connectivity index (χ1n) is 13.2. The summed E-state index contributed by atoms with van der Waals surface area (Å²) in [6.45, 7) is 2.67. The summed E-state index contributed by atoms with van der Waals surface area (Å²) in [6.07, 6.45) is 23.9. The van der Waals surface area contributed by atoms with E-state index in [-0.39, 0.29) is 5.56 Å². The topological polar surface area (TPSA) is 63.6 Å². The highest BCUT2D eigenvalue weighted by Gasteiger charge is 2.10. The first kappa shape index (κ1) is 28.2. The Morgan fingerprint density at radius 1 is 0.656 bits per heavy atom. The van der Waals surface area contributed by atoms with E-state index in [1.807, 2.05) is 0 Å². The second kappa shape index (κ2) is 19.8. The fraction of sp³-hybridized carbons (Fsp3) is 0.714. The van der Waals surface area contributed by atoms with Crippen molar-refractivity contribution >= 4 is 11.9 Å². The molecule has 0 heterocycles. The van der Waals surface area contributed by atoms with E-state index in [0.29, 0.717) is 12.2 Å². The van der Waals surface area contributed by atoms with Crippen LogP contribution in [0.15, 0.2) is 24.3 Å². The summed E-state index contributed by atoms with van der Waals surface area (Å²) >= 11 is 0. The zero-order chi connectivity index (χ0) is 23.3. The Balaban J connectivity index is 1.83. The highest BCUT2D eigenvalue weighted by Crippen LogP contribution is 2.14. The number of benzene rings is 1. The van der Waals surface area contributed by atoms with Gasteiger partial charge < -0.3 is 9.84 Å². The third kappa shape index (κ3) is 15.0. The number of rotatable bonds is 21. The van der Waals surface area contributed by atoms with E-state index in [1.54, 1.807) is 12.1 Å². The van der Waals surface area contributed by atoms with Crippen LogP contribution in [0.3, 0.4) is 0 Å². The predicted molar refractivity (Wildman–Crippen MR) is 132 cm³/mol. The number of carboxylic acid groups (broad SMARTS) is 1. The lowest BCUT2D eigenvalue weighted by atomic mass is 10.0. The average molecular weight is 447 g/mol. The van der Waals surface area contributed by atoms with Crippen molar-refractivity contribution in [2.24, 2.45) is 0 Å². The van der Waals surface area contributed by atoms with Crippen molar-refractivity contribution in [3.8, 4) is 0 Å². The van der Waals surface area contributed by atoms with Crippen molar-refractivity contribution in [1.29, 1.82) is 0 Å². The van der Waals surface area contributed by atoms with Crippen molar-refractivity contribution in [2.45, 2.75) is 122 Å². The summed E-state index contributed by atoms with van der Waals surface area (Å²) in [5, 5.41) is 8.98. The van der Waals surface area contributed by atoms with Gasteiger partial charge in [-0.2, -0.15) is 0 Å². The number of ether oxygens (including phenoxy) is 1. The molecule has 1 aromatic carbocycles. The third-order valence-corrected chi connectivity index (χ3v) is 6.08. The van der Waals surface area contributed by atoms with Gasteiger partial charge in [0.25, 0.3) is 0 Å². The molecule has 0 aliphatic heterocycles. The molecule has 1 aromatic rings. The molecule has 32 heavy (non-hydrogen) atoms. The molecule has 0 atom stereocenters. The minimum absolute atomic E-state index is 0.104. The molecule has 4 heteroatoms. The van der Waals surface area contributed by atoms with Crippen molar-refractivity contribution in [3.05, 3.63) is 35.4 Å². The Morgan fingerprint density at radius 3 is 1.50 bits per heavy atom. The van der Waals surface area contributed by atoms with Crippen LogP contribution in [0.5, 0.6) is 0 Å². The molecule has 0 fully saturated rings. The maximum atomic E-state index is 12.0. The van der Waals surface area contributed by atoms with Gasteiger partial charge in [-0.15, -0.1) is 0 Å². The maximum absolute atomic E-state index is 12.0. The van der Waals surface area contributed by atoms with Crippen LogP contribution < -0.4 is 0 Å². The molecule has 0 saturated heterocycles. The van der Waals surface area contributed by atoms with Crippen molar-refractivity contribution in [3.63, 3.8) is 0 Å². The molecule has 182 valence electrons. The number of unbranched alkanes of at least 4 members (excludes halogenated alkanes) is 17. The highest BCUT2D eigenvalue weighted by atomic mass is 16.5. The second-order valence-electron chi connectivity index (χ2n) is 9.03. The number of carbonyl (C=O) groups is 2. The number of hydrogen-bond acceptors (Lipinski definition) is 3. The summed E-state index contributed by atoms with van der Waals surface area (Å²) in [6, 6.07) is 5.98. The standard InChI is InChI=1S/C28H46O4/c1-2-3-4-5-6-7-8-9-10-11-12-13-14-15-16-17-18-19-23-32-28(31)26-22-20-21-25(24-26)27(29)30/h20-22,24H,2-19,23H2,1H3,(H,29,30). The van der Waals surface area contributed by atoms with Crippen LogP contribution >= 0.6 is 0 Å². The van der Waals surface area contributed by atoms with Crippen LogP contribution in [-0.2, 0) is 4.74 Å². The smallest absolute Gasteiger partial charge is 0.338 e. The number of esters is 1. The van der Waals surface area contributed by atoms with Gasteiger partial charge in [-0.3, -0.25) is 0 Å². The van der Waals surface area contributed by atoms with Gasteiger partial charge in [0, 0.05) is 0 Å². The lowest BCUT2D eigenvalue weighted by Gasteiger charge is -2.06. The van der Waals surface area contributed by atoms with Gasteiger partial charge in [0.05, 0.1) is 17.7 Å². The van der Waals surface area contributed by atoms with Gasteiger partial charge in [0.2, 0.25) is 0 Å². The Kier molecular flexibility index (Phi) is 17.5. The first-order chi connectivity index (χ1) is 15.6. The lowest BCUT2D eigenvalue weighted by molar-refractivity contribution is 0.0497. The van der Waals surface area contributed by atoms with Gasteiger partial charge >= 0.3 is 11.9 Å². The molecular weight excluding hydrogens is 400 g/mol. The summed E-state index contributed by atoms with van der Waals surface area (Å²) < 4.78 is 5.26. The third-order valence-electron chi connectivity index (χ3n) is 6.08. The van der Waals surface area contributed by atoms with Gasteiger partial charge in [0.1, 0.15) is 0 Å². The van der Waals surface area contributed by atoms with Crippen molar-refractivity contribution in [2.75, 3.05) is 6.61 Å². The summed E-state index contributed by atoms with van der Waals surface area (Å²) in [5.74, 6) is -1.48. The first-order valence-corrected chi connectivity index (χ1v) is 13.2. The molecule has 0 amide bonds. The van der Waals surface area contributed by atoms with Crippen LogP contribution in [0, 0.1) is 0 Å². The zero-order valence-electron chi connectivity index (χ0n) is 20.4. The molecule has 0 unspecified atom stereocenters. The Bertz CT molecular complexity index is 611. The number of hydrogen-bond donors (Lipinski definition) is 1. The lowest BCUT2D eigenvalue weighted by Crippen LogP contribution is -2.08. The molecule has 1 N–H and O–H groups in total. The largest absolute Gasteiger partial charge is 0.478 e. The molecule has 4 nitrogen and oxygen atoms in total. The molecule has 0 aromatic heterocycles. The summed E-state index contributed by atoms with van der Waals surface area (Å²) in [7, 11) is 0. The summed E-state index contributed by atoms with van der Waals surface area (Å²) in [5.41, 5.74) is 0.403. The molecule has 1 rings (SSSR count). The van der Waals surface area contributed by atoms with E-state index < -0.39 is 11.9 Å². The van der Waals surface area contributed by atoms with E-state index in [2.05, 4.69) is 6.92 Å². The Labute approximate surface area is 196 Å². The highest BCUT2D eigenvalue weighted by molar-refractivity contribution is 5.94. The molecule has 0 aliphatic rings. The Morgan fingerprint density at radius 2 is 1.06 bits per heavy atom. The van der Waals surface area contributed by atoms with Gasteiger partial charge in [-0.1, -0.05) is 122 Å². The van der Waals surface area contributed by atoms with Crippen molar-refractivity contribution < 1.29 is 19.4 Å². The minimum Gasteiger partial charge on any atom is -0.478 e. The Hall–Kier alpha value is -1.84. The van der Waals surface area contributed by atoms with Crippen LogP contribution in [-0.4, -0.2) is 23.7 Å². The predicted octanol–water partition coefficient (Wildman–Crippen LogP) is 8.58. The molecule has 0 saturated carbocycles. The van der Waals surface area contributed by atoms with E-state index in [1.165, 1.54) is 115 Å². The van der Waals surface area contributed by atoms with E-state index >= 15 is 0 Å². The van der Waals surface area contributed by atoms with Crippen LogP contribution in [0.1, 0.15) is 143 Å². The van der Waals surface area contributed by atoms with Crippen LogP contribution in [0.25, 0.3) is 0 Å². The van der Waals surface area contributed by atoms with Crippen molar-refractivity contribution in [1.82, 2.24) is 0 Å². The summed E-state index contributed by atoms with van der Waals surface area (Å²) in [4.78, 5) is 23.0. The zero-order valence-corrected chi connectivity index (χ0v) is 20.4. The van der Waals surface area contributed by atoms with Crippen LogP contribution in [0.2, 0.25) is 0 Å². The van der Waals surface area contributed by atoms with E-state index in [0.717, 1.165) is 12.8 Å². The molecule has 0 aliphatic carbocycles. The van der Waals surface area contributed by atoms with Gasteiger partial charge in [0.15, 0.2) is 0 Å². The maximum Gasteiger partial charge on any atom is 0.338 e. The minimum atomic E-state index is -1.04. The molecule has 0 spiro atoms.